The van der Waals surface area contributed by atoms with Crippen molar-refractivity contribution in [1.29, 1.82) is 0 Å². The average molecular weight is 400 g/mol. The third-order valence-corrected chi connectivity index (χ3v) is 6.77. The number of aromatic nitrogens is 2. The maximum atomic E-state index is 13.6. The highest BCUT2D eigenvalue weighted by atomic mass is 16.4. The summed E-state index contributed by atoms with van der Waals surface area (Å²) >= 11 is 0. The molecule has 2 fully saturated rings. The van der Waals surface area contributed by atoms with Gasteiger partial charge in [0.05, 0.1) is 5.41 Å². The van der Waals surface area contributed by atoms with Crippen molar-refractivity contribution in [2.75, 3.05) is 24.5 Å². The number of nitrogens with one attached hydrogen (secondary N) is 1. The molecule has 2 aromatic carbocycles. The molecule has 152 valence electrons. The number of benzene rings is 2. The fourth-order valence-corrected chi connectivity index (χ4v) is 5.18. The van der Waals surface area contributed by atoms with Crippen molar-refractivity contribution in [3.8, 4) is 0 Å². The quantitative estimate of drug-likeness (QED) is 0.556. The Balaban J connectivity index is 1.24. The third kappa shape index (κ3) is 2.70. The van der Waals surface area contributed by atoms with Crippen molar-refractivity contribution in [2.24, 2.45) is 5.41 Å². The predicted molar refractivity (Wildman–Crippen MR) is 116 cm³/mol. The molecule has 1 unspecified atom stereocenters. The molecule has 4 heterocycles. The van der Waals surface area contributed by atoms with E-state index in [4.69, 9.17) is 4.42 Å². The summed E-state index contributed by atoms with van der Waals surface area (Å²) in [6, 6.07) is 16.7. The number of hydrogen-bond donors (Lipinski definition) is 1. The first kappa shape index (κ1) is 17.6. The van der Waals surface area contributed by atoms with E-state index in [1.807, 2.05) is 42.6 Å². The van der Waals surface area contributed by atoms with E-state index in [1.54, 1.807) is 0 Å². The number of anilines is 1. The Hall–Kier alpha value is -3.28. The number of nitrogens with zero attached hydrogens (tertiary/aromatic N) is 3. The van der Waals surface area contributed by atoms with Gasteiger partial charge >= 0.3 is 0 Å². The molecule has 2 aliphatic rings. The van der Waals surface area contributed by atoms with Gasteiger partial charge in [-0.2, -0.15) is 4.98 Å². The molecule has 1 spiro atoms. The number of para-hydroxylation sites is 3. The van der Waals surface area contributed by atoms with Crippen molar-refractivity contribution in [2.45, 2.75) is 25.8 Å². The Morgan fingerprint density at radius 2 is 1.93 bits per heavy atom. The third-order valence-electron chi connectivity index (χ3n) is 6.77. The van der Waals surface area contributed by atoms with Crippen LogP contribution in [0.3, 0.4) is 0 Å². The lowest BCUT2D eigenvalue weighted by Crippen LogP contribution is -2.49. The molecule has 4 aromatic rings. The first-order valence-electron chi connectivity index (χ1n) is 10.7. The van der Waals surface area contributed by atoms with Gasteiger partial charge in [-0.05, 0) is 43.0 Å². The largest absolute Gasteiger partial charge is 0.423 e. The van der Waals surface area contributed by atoms with Crippen molar-refractivity contribution in [1.82, 2.24) is 14.9 Å². The minimum atomic E-state index is -0.328. The van der Waals surface area contributed by atoms with E-state index in [9.17, 15) is 4.79 Å². The van der Waals surface area contributed by atoms with Crippen LogP contribution in [0.25, 0.3) is 22.0 Å². The Bertz CT molecular complexity index is 1210. The second-order valence-electron chi connectivity index (χ2n) is 8.61. The Kier molecular flexibility index (Phi) is 3.88. The number of fused-ring (bicyclic) bond motifs is 2. The zero-order chi connectivity index (χ0) is 20.1. The van der Waals surface area contributed by atoms with Gasteiger partial charge in [-0.3, -0.25) is 4.79 Å². The molecule has 1 amide bonds. The molecule has 2 saturated heterocycles. The molecule has 0 saturated carbocycles. The lowest BCUT2D eigenvalue weighted by molar-refractivity contribution is -0.145. The fraction of sp³-hybridized carbons (Fsp3) is 0.333. The maximum absolute atomic E-state index is 13.6. The molecule has 1 atom stereocenters. The van der Waals surface area contributed by atoms with Crippen LogP contribution in [0.1, 0.15) is 24.8 Å². The monoisotopic (exact) mass is 400 g/mol. The molecule has 2 aromatic heterocycles. The molecular weight excluding hydrogens is 376 g/mol. The summed E-state index contributed by atoms with van der Waals surface area (Å²) in [5.41, 5.74) is 3.64. The zero-order valence-electron chi connectivity index (χ0n) is 16.8. The van der Waals surface area contributed by atoms with Crippen molar-refractivity contribution in [3.63, 3.8) is 0 Å². The lowest BCUT2D eigenvalue weighted by atomic mass is 9.78. The normalized spacial score (nSPS) is 22.1. The summed E-state index contributed by atoms with van der Waals surface area (Å²) in [6.45, 7) is 2.97. The van der Waals surface area contributed by atoms with E-state index in [0.29, 0.717) is 19.1 Å². The summed E-state index contributed by atoms with van der Waals surface area (Å²) in [6.07, 6.45) is 4.87. The minimum Gasteiger partial charge on any atom is -0.423 e. The van der Waals surface area contributed by atoms with Crippen LogP contribution in [0, 0.1) is 5.41 Å². The molecule has 6 heteroatoms. The molecule has 1 N–H and O–H groups in total. The highest BCUT2D eigenvalue weighted by Gasteiger charge is 2.49. The Labute approximate surface area is 174 Å². The van der Waals surface area contributed by atoms with Gasteiger partial charge in [0.1, 0.15) is 5.52 Å². The van der Waals surface area contributed by atoms with Crippen molar-refractivity contribution < 1.29 is 9.21 Å². The van der Waals surface area contributed by atoms with Crippen LogP contribution >= 0.6 is 0 Å². The lowest BCUT2D eigenvalue weighted by Gasteiger charge is -2.39. The topological polar surface area (TPSA) is 65.4 Å². The number of piperidine rings is 1. The van der Waals surface area contributed by atoms with E-state index >= 15 is 0 Å². The number of carbonyl (C=O) groups excluding carboxylic acids is 1. The van der Waals surface area contributed by atoms with Crippen LogP contribution in [0.5, 0.6) is 0 Å². The molecule has 6 rings (SSSR count). The molecule has 0 radical (unpaired) electrons. The van der Waals surface area contributed by atoms with Crippen LogP contribution in [-0.4, -0.2) is 40.4 Å². The van der Waals surface area contributed by atoms with E-state index in [2.05, 4.69) is 31.9 Å². The molecule has 2 aliphatic heterocycles. The SMILES string of the molecule is O=C1N(Cc2c[nH]c3ccccc23)CCCC12CCN(c1nc3ccccc3o1)C2. The van der Waals surface area contributed by atoms with Gasteiger partial charge in [0.2, 0.25) is 5.91 Å². The van der Waals surface area contributed by atoms with Gasteiger partial charge in [-0.15, -0.1) is 0 Å². The van der Waals surface area contributed by atoms with Crippen molar-refractivity contribution >= 4 is 33.9 Å². The van der Waals surface area contributed by atoms with Crippen LogP contribution in [0.4, 0.5) is 6.01 Å². The standard InChI is InChI=1S/C24H24N4O2/c29-22-24(11-13-28(16-24)23-26-20-8-3-4-9-21(20)30-23)10-5-12-27(22)15-17-14-25-19-7-2-1-6-18(17)19/h1-4,6-9,14,25H,5,10-13,15-16H2. The summed E-state index contributed by atoms with van der Waals surface area (Å²) in [7, 11) is 0. The Morgan fingerprint density at radius 1 is 1.07 bits per heavy atom. The van der Waals surface area contributed by atoms with E-state index in [0.717, 1.165) is 49.0 Å². The highest BCUT2D eigenvalue weighted by Crippen LogP contribution is 2.42. The predicted octanol–water partition coefficient (Wildman–Crippen LogP) is 4.33. The second kappa shape index (κ2) is 6.62. The number of amides is 1. The summed E-state index contributed by atoms with van der Waals surface area (Å²) in [4.78, 5) is 25.8. The molecular formula is C24H24N4O2. The van der Waals surface area contributed by atoms with E-state index < -0.39 is 0 Å². The van der Waals surface area contributed by atoms with Gasteiger partial charge in [-0.1, -0.05) is 30.3 Å². The van der Waals surface area contributed by atoms with Gasteiger partial charge in [0.25, 0.3) is 6.01 Å². The number of likely N-dealkylation sites (tertiary alicyclic amines) is 1. The number of aromatic amines is 1. The number of H-pyrrole nitrogens is 1. The number of carbonyl (C=O) groups is 1. The summed E-state index contributed by atoms with van der Waals surface area (Å²) in [5, 5.41) is 1.20. The van der Waals surface area contributed by atoms with E-state index in [-0.39, 0.29) is 11.3 Å². The molecule has 0 bridgehead atoms. The summed E-state index contributed by atoms with van der Waals surface area (Å²) < 4.78 is 5.97. The number of oxazole rings is 1. The molecule has 0 aliphatic carbocycles. The smallest absolute Gasteiger partial charge is 0.298 e. The summed E-state index contributed by atoms with van der Waals surface area (Å²) in [5.74, 6) is 0.276. The second-order valence-corrected chi connectivity index (χ2v) is 8.61. The highest BCUT2D eigenvalue weighted by molar-refractivity contribution is 5.87. The minimum absolute atomic E-state index is 0.276. The van der Waals surface area contributed by atoms with Crippen molar-refractivity contribution in [3.05, 3.63) is 60.3 Å². The van der Waals surface area contributed by atoms with Gasteiger partial charge < -0.3 is 19.2 Å². The van der Waals surface area contributed by atoms with Gasteiger partial charge in [0, 0.05) is 43.3 Å². The molecule has 6 nitrogen and oxygen atoms in total. The van der Waals surface area contributed by atoms with Gasteiger partial charge in [-0.25, -0.2) is 0 Å². The van der Waals surface area contributed by atoms with Gasteiger partial charge in [0.15, 0.2) is 5.58 Å². The fourth-order valence-electron chi connectivity index (χ4n) is 5.18. The van der Waals surface area contributed by atoms with Crippen LogP contribution in [-0.2, 0) is 11.3 Å². The van der Waals surface area contributed by atoms with Crippen LogP contribution in [0.15, 0.2) is 59.1 Å². The van der Waals surface area contributed by atoms with E-state index in [1.165, 1.54) is 10.9 Å². The number of rotatable bonds is 3. The Morgan fingerprint density at radius 3 is 2.87 bits per heavy atom. The molecule has 30 heavy (non-hydrogen) atoms. The number of hydrogen-bond acceptors (Lipinski definition) is 4. The van der Waals surface area contributed by atoms with Crippen LogP contribution < -0.4 is 4.90 Å². The zero-order valence-corrected chi connectivity index (χ0v) is 16.8. The first-order valence-corrected chi connectivity index (χ1v) is 10.7. The maximum Gasteiger partial charge on any atom is 0.298 e. The average Bonchev–Trinajstić information content (AvgIpc) is 3.49. The first-order chi connectivity index (χ1) is 14.7. The van der Waals surface area contributed by atoms with Crippen LogP contribution in [0.2, 0.25) is 0 Å².